The van der Waals surface area contributed by atoms with Gasteiger partial charge in [-0.05, 0) is 19.1 Å². The van der Waals surface area contributed by atoms with Gasteiger partial charge in [-0.25, -0.2) is 14.6 Å². The van der Waals surface area contributed by atoms with E-state index in [2.05, 4.69) is 15.5 Å². The Bertz CT molecular complexity index is 1370. The van der Waals surface area contributed by atoms with Crippen molar-refractivity contribution in [1.82, 2.24) is 20.0 Å². The monoisotopic (exact) mass is 490 g/mol. The summed E-state index contributed by atoms with van der Waals surface area (Å²) >= 11 is 1.38. The van der Waals surface area contributed by atoms with E-state index in [0.717, 1.165) is 34.6 Å². The zero-order valence-corrected chi connectivity index (χ0v) is 20.6. The fraction of sp³-hybridized carbons (Fsp3) is 0.308. The van der Waals surface area contributed by atoms with Crippen LogP contribution >= 0.6 is 11.8 Å². The number of hydrogen-bond donors (Lipinski definition) is 1. The van der Waals surface area contributed by atoms with Gasteiger partial charge in [0.15, 0.2) is 10.9 Å². The first kappa shape index (κ1) is 23.3. The third-order valence-electron chi connectivity index (χ3n) is 6.81. The number of likely N-dealkylation sites (tertiary alicyclic amines) is 1. The summed E-state index contributed by atoms with van der Waals surface area (Å²) in [6, 6.07) is 19.0. The van der Waals surface area contributed by atoms with Gasteiger partial charge < -0.3 is 9.09 Å². The number of benzene rings is 2. The highest BCUT2D eigenvalue weighted by Crippen LogP contribution is 2.31. The summed E-state index contributed by atoms with van der Waals surface area (Å²) in [6.07, 6.45) is 1.66. The van der Waals surface area contributed by atoms with Crippen molar-refractivity contribution >= 4 is 34.7 Å². The molecule has 35 heavy (non-hydrogen) atoms. The summed E-state index contributed by atoms with van der Waals surface area (Å²) < 4.78 is 7.22. The molecule has 1 N–H and O–H groups in total. The zero-order valence-electron chi connectivity index (χ0n) is 19.8. The molecular formula is C26H28N5O3S+. The van der Waals surface area contributed by atoms with Crippen LogP contribution < -0.4 is 5.32 Å². The molecule has 1 saturated heterocycles. The summed E-state index contributed by atoms with van der Waals surface area (Å²) in [6.45, 7) is 2.66. The van der Waals surface area contributed by atoms with Gasteiger partial charge >= 0.3 is 11.9 Å². The molecule has 1 fully saturated rings. The average Bonchev–Trinajstić information content (AvgIpc) is 3.60. The molecule has 4 aromatic rings. The highest BCUT2D eigenvalue weighted by molar-refractivity contribution is 7.99. The third kappa shape index (κ3) is 4.37. The number of fused-ring (bicyclic) bond motifs is 1. The van der Waals surface area contributed by atoms with Crippen molar-refractivity contribution in [2.75, 3.05) is 12.3 Å². The molecule has 1 aliphatic heterocycles. The number of aryl methyl sites for hydroxylation is 1. The van der Waals surface area contributed by atoms with E-state index in [4.69, 9.17) is 4.52 Å². The summed E-state index contributed by atoms with van der Waals surface area (Å²) in [5, 5.41) is 7.81. The Morgan fingerprint density at radius 2 is 1.94 bits per heavy atom. The predicted octanol–water partition coefficient (Wildman–Crippen LogP) is 4.76. The second kappa shape index (κ2) is 9.67. The number of thioether (sulfide) groups is 1. The lowest BCUT2D eigenvalue weighted by Gasteiger charge is -2.32. The first-order chi connectivity index (χ1) is 17.0. The Labute approximate surface area is 207 Å². The van der Waals surface area contributed by atoms with E-state index in [1.54, 1.807) is 0 Å². The van der Waals surface area contributed by atoms with Crippen LogP contribution in [0.15, 0.2) is 70.3 Å². The number of carbonyl (C=O) groups is 2. The van der Waals surface area contributed by atoms with Crippen molar-refractivity contribution in [3.63, 3.8) is 0 Å². The second-order valence-electron chi connectivity index (χ2n) is 8.91. The number of aromatic nitrogens is 3. The van der Waals surface area contributed by atoms with Gasteiger partial charge in [-0.15, -0.1) is 0 Å². The minimum Gasteiger partial charge on any atom is -0.359 e. The van der Waals surface area contributed by atoms with Gasteiger partial charge in [0.1, 0.15) is 17.5 Å². The van der Waals surface area contributed by atoms with Crippen molar-refractivity contribution in [3.8, 4) is 11.3 Å². The number of amides is 3. The number of imide groups is 1. The number of rotatable bonds is 6. The molecule has 1 aliphatic rings. The van der Waals surface area contributed by atoms with E-state index in [9.17, 15) is 9.59 Å². The van der Waals surface area contributed by atoms with Gasteiger partial charge in [-0.1, -0.05) is 59.4 Å². The smallest absolute Gasteiger partial charge is 0.359 e. The second-order valence-corrected chi connectivity index (χ2v) is 9.85. The molecule has 5 rings (SSSR count). The zero-order chi connectivity index (χ0) is 24.4. The number of carbonyl (C=O) groups excluding carboxylic acids is 2. The van der Waals surface area contributed by atoms with E-state index in [0.29, 0.717) is 18.0 Å². The number of urea groups is 1. The van der Waals surface area contributed by atoms with Crippen LogP contribution in [0.4, 0.5) is 4.79 Å². The maximum absolute atomic E-state index is 13.5. The molecule has 0 bridgehead atoms. The van der Waals surface area contributed by atoms with Crippen molar-refractivity contribution in [2.24, 2.45) is 7.05 Å². The normalized spacial score (nSPS) is 19.8. The van der Waals surface area contributed by atoms with Gasteiger partial charge in [0.2, 0.25) is 0 Å². The molecule has 2 atom stereocenters. The number of quaternary nitrogens is 1. The molecule has 0 radical (unpaired) electrons. The molecule has 0 aliphatic carbocycles. The number of hydrogen-bond acceptors (Lipinski definition) is 6. The Balaban J connectivity index is 1.28. The Morgan fingerprint density at radius 3 is 2.69 bits per heavy atom. The predicted molar refractivity (Wildman–Crippen MR) is 134 cm³/mol. The topological polar surface area (TPSA) is 90.0 Å². The van der Waals surface area contributed by atoms with Crippen LogP contribution in [0.1, 0.15) is 25.5 Å². The van der Waals surface area contributed by atoms with Crippen molar-refractivity contribution < 1.29 is 18.6 Å². The summed E-state index contributed by atoms with van der Waals surface area (Å²) in [7, 11) is 1.94. The largest absolute Gasteiger partial charge is 0.424 e. The fourth-order valence-electron chi connectivity index (χ4n) is 4.80. The fourth-order valence-corrected chi connectivity index (χ4v) is 5.74. The standard InChI is InChI=1S/C26H27N5O3S/c1-18-9-8-14-31(18,24(32)17-35-25-28-21-12-6-7-13-23(21)30(25)2)26(33)27-16-20-15-22(29-34-20)19-10-4-3-5-11-19/h3-7,10-13,15,18H,8-9,14,16-17H2,1-2H3/p+1/t18-,31?/m1/s1. The molecule has 2 aromatic carbocycles. The Kier molecular flexibility index (Phi) is 6.44. The molecule has 8 nitrogen and oxygen atoms in total. The quantitative estimate of drug-likeness (QED) is 0.310. The van der Waals surface area contributed by atoms with E-state index in [1.807, 2.05) is 79.2 Å². The summed E-state index contributed by atoms with van der Waals surface area (Å²) in [4.78, 5) is 31.6. The van der Waals surface area contributed by atoms with Crippen LogP contribution in [0.5, 0.6) is 0 Å². The van der Waals surface area contributed by atoms with Gasteiger partial charge in [0.05, 0.1) is 24.1 Å². The Hall–Kier alpha value is -3.43. The third-order valence-corrected chi connectivity index (χ3v) is 7.82. The van der Waals surface area contributed by atoms with Crippen molar-refractivity contribution in [1.29, 1.82) is 0 Å². The minimum atomic E-state index is -0.289. The van der Waals surface area contributed by atoms with Crippen LogP contribution in [-0.2, 0) is 18.4 Å². The molecule has 1 unspecified atom stereocenters. The van der Waals surface area contributed by atoms with E-state index >= 15 is 0 Å². The summed E-state index contributed by atoms with van der Waals surface area (Å²) in [5.74, 6) is 0.617. The number of nitrogens with zero attached hydrogens (tertiary/aromatic N) is 4. The van der Waals surface area contributed by atoms with Gasteiger partial charge in [0, 0.05) is 31.5 Å². The number of imidazole rings is 1. The lowest BCUT2D eigenvalue weighted by molar-refractivity contribution is -0.783. The summed E-state index contributed by atoms with van der Waals surface area (Å²) in [5.41, 5.74) is 3.56. The van der Waals surface area contributed by atoms with Crippen LogP contribution in [0.2, 0.25) is 0 Å². The highest BCUT2D eigenvalue weighted by atomic mass is 32.2. The van der Waals surface area contributed by atoms with E-state index in [-0.39, 0.29) is 34.8 Å². The molecule has 180 valence electrons. The van der Waals surface area contributed by atoms with E-state index < -0.39 is 0 Å². The lowest BCUT2D eigenvalue weighted by Crippen LogP contribution is -2.63. The molecular weight excluding hydrogens is 462 g/mol. The molecule has 0 saturated carbocycles. The van der Waals surface area contributed by atoms with Crippen molar-refractivity contribution in [3.05, 3.63) is 66.4 Å². The van der Waals surface area contributed by atoms with Gasteiger partial charge in [0.25, 0.3) is 0 Å². The molecule has 0 spiro atoms. The lowest BCUT2D eigenvalue weighted by atomic mass is 10.1. The molecule has 3 amide bonds. The van der Waals surface area contributed by atoms with Crippen molar-refractivity contribution in [2.45, 2.75) is 37.5 Å². The number of nitrogens with one attached hydrogen (secondary N) is 1. The molecule has 3 heterocycles. The SMILES string of the molecule is C[C@@H]1CCC[N+]1(C(=O)CSc1nc2ccccc2n1C)C(=O)NCc1cc(-c2ccccc2)no1. The van der Waals surface area contributed by atoms with Crippen LogP contribution in [0.3, 0.4) is 0 Å². The molecule has 2 aromatic heterocycles. The highest BCUT2D eigenvalue weighted by Gasteiger charge is 2.52. The minimum absolute atomic E-state index is 0.0850. The van der Waals surface area contributed by atoms with Gasteiger partial charge in [-0.2, -0.15) is 4.48 Å². The Morgan fingerprint density at radius 1 is 1.17 bits per heavy atom. The first-order valence-corrected chi connectivity index (χ1v) is 12.7. The molecule has 9 heteroatoms. The maximum atomic E-state index is 13.5. The van der Waals surface area contributed by atoms with Crippen LogP contribution in [0.25, 0.3) is 22.3 Å². The van der Waals surface area contributed by atoms with Crippen LogP contribution in [-0.4, -0.2) is 49.5 Å². The first-order valence-electron chi connectivity index (χ1n) is 11.7. The van der Waals surface area contributed by atoms with Gasteiger partial charge in [-0.3, -0.25) is 5.32 Å². The number of para-hydroxylation sites is 2. The van der Waals surface area contributed by atoms with E-state index in [1.165, 1.54) is 11.8 Å². The average molecular weight is 491 g/mol. The van der Waals surface area contributed by atoms with Crippen LogP contribution in [0, 0.1) is 0 Å². The maximum Gasteiger partial charge on any atom is 0.424 e.